The molecule has 0 unspecified atom stereocenters. The molecule has 3 heteroatoms. The lowest BCUT2D eigenvalue weighted by Gasteiger charge is -2.09. The Labute approximate surface area is 106 Å². The van der Waals surface area contributed by atoms with Gasteiger partial charge >= 0.3 is 0 Å². The van der Waals surface area contributed by atoms with Crippen LogP contribution in [0.15, 0.2) is 24.4 Å². The first-order valence-electron chi connectivity index (χ1n) is 6.26. The predicted molar refractivity (Wildman–Crippen MR) is 71.4 cm³/mol. The van der Waals surface area contributed by atoms with Gasteiger partial charge in [0.05, 0.1) is 11.6 Å². The molecule has 2 rings (SSSR count). The molecule has 1 aromatic carbocycles. The summed E-state index contributed by atoms with van der Waals surface area (Å²) in [4.78, 5) is 15.4. The van der Waals surface area contributed by atoms with Crippen molar-refractivity contribution in [2.45, 2.75) is 26.7 Å². The Morgan fingerprint density at radius 1 is 1.39 bits per heavy atom. The molecule has 0 saturated carbocycles. The van der Waals surface area contributed by atoms with Crippen molar-refractivity contribution in [3.05, 3.63) is 35.5 Å². The van der Waals surface area contributed by atoms with Crippen LogP contribution in [0.1, 0.15) is 42.6 Å². The van der Waals surface area contributed by atoms with E-state index in [9.17, 15) is 4.79 Å². The highest BCUT2D eigenvalue weighted by Crippen LogP contribution is 2.24. The van der Waals surface area contributed by atoms with Crippen molar-refractivity contribution in [3.8, 4) is 6.07 Å². The number of benzene rings is 1. The van der Waals surface area contributed by atoms with Crippen LogP contribution in [0.5, 0.6) is 0 Å². The van der Waals surface area contributed by atoms with Gasteiger partial charge in [0.25, 0.3) is 0 Å². The Morgan fingerprint density at radius 2 is 2.11 bits per heavy atom. The monoisotopic (exact) mass is 240 g/mol. The normalized spacial score (nSPS) is 10.8. The number of nitrogens with one attached hydrogen (secondary N) is 1. The first-order valence-corrected chi connectivity index (χ1v) is 6.26. The molecule has 0 aliphatic carbocycles. The zero-order valence-electron chi connectivity index (χ0n) is 10.7. The van der Waals surface area contributed by atoms with Crippen LogP contribution >= 0.6 is 0 Å². The third-order valence-electron chi connectivity index (χ3n) is 3.43. The van der Waals surface area contributed by atoms with Crippen LogP contribution in [0.4, 0.5) is 0 Å². The van der Waals surface area contributed by atoms with E-state index in [2.05, 4.69) is 11.1 Å². The smallest absolute Gasteiger partial charge is 0.168 e. The first kappa shape index (κ1) is 12.4. The molecule has 0 amide bonds. The topological polar surface area (TPSA) is 56.6 Å². The summed E-state index contributed by atoms with van der Waals surface area (Å²) in [5.41, 5.74) is 2.19. The Bertz CT molecular complexity index is 615. The van der Waals surface area contributed by atoms with Gasteiger partial charge in [0.15, 0.2) is 5.78 Å². The first-order chi connectivity index (χ1) is 8.71. The number of nitrogens with zero attached hydrogens (tertiary/aromatic N) is 1. The number of hydrogen-bond donors (Lipinski definition) is 1. The second kappa shape index (κ2) is 5.05. The number of carbonyl (C=O) groups is 1. The van der Waals surface area contributed by atoms with Gasteiger partial charge in [0, 0.05) is 28.6 Å². The fraction of sp³-hybridized carbons (Fsp3) is 0.333. The molecule has 1 N–H and O–H groups in total. The van der Waals surface area contributed by atoms with Gasteiger partial charge in [0.1, 0.15) is 0 Å². The van der Waals surface area contributed by atoms with E-state index in [0.717, 1.165) is 29.3 Å². The lowest BCUT2D eigenvalue weighted by molar-refractivity contribution is 0.0915. The zero-order valence-corrected chi connectivity index (χ0v) is 10.7. The van der Waals surface area contributed by atoms with Crippen molar-refractivity contribution in [2.24, 2.45) is 5.92 Å². The van der Waals surface area contributed by atoms with Gasteiger partial charge < -0.3 is 4.98 Å². The molecular formula is C15H16N2O. The van der Waals surface area contributed by atoms with Gasteiger partial charge in [-0.15, -0.1) is 0 Å². The molecule has 1 heterocycles. The van der Waals surface area contributed by atoms with Crippen LogP contribution in [0.3, 0.4) is 0 Å². The third-order valence-corrected chi connectivity index (χ3v) is 3.43. The number of hydrogen-bond acceptors (Lipinski definition) is 2. The number of ketones is 1. The number of Topliss-reactive ketones (excluding diaryl/α,β-unsaturated/α-hetero) is 1. The molecule has 18 heavy (non-hydrogen) atoms. The van der Waals surface area contributed by atoms with Crippen molar-refractivity contribution >= 4 is 16.7 Å². The maximum absolute atomic E-state index is 12.4. The molecule has 0 saturated heterocycles. The van der Waals surface area contributed by atoms with Gasteiger partial charge in [-0.25, -0.2) is 0 Å². The summed E-state index contributed by atoms with van der Waals surface area (Å²) in [6.07, 6.45) is 3.48. The Morgan fingerprint density at radius 3 is 2.72 bits per heavy atom. The molecule has 0 bridgehead atoms. The molecule has 92 valence electrons. The number of carbonyl (C=O) groups excluding carboxylic acids is 1. The van der Waals surface area contributed by atoms with Crippen molar-refractivity contribution in [3.63, 3.8) is 0 Å². The molecule has 2 aromatic rings. The number of H-pyrrole nitrogens is 1. The standard InChI is InChI=1S/C15H16N2O/c1-3-11(4-2)15(18)13-9-17-14-7-10(8-16)5-6-12(13)14/h5-7,9,11,17H,3-4H2,1-2H3. The van der Waals surface area contributed by atoms with Gasteiger partial charge in [-0.05, 0) is 25.0 Å². The molecule has 0 fully saturated rings. The Hall–Kier alpha value is -2.08. The van der Waals surface area contributed by atoms with Crippen LogP contribution in [0, 0.1) is 17.2 Å². The SMILES string of the molecule is CCC(CC)C(=O)c1c[nH]c2cc(C#N)ccc12. The Kier molecular flexibility index (Phi) is 3.47. The Balaban J connectivity index is 2.47. The highest BCUT2D eigenvalue weighted by atomic mass is 16.1. The van der Waals surface area contributed by atoms with Gasteiger partial charge in [-0.1, -0.05) is 19.9 Å². The number of aromatic amines is 1. The molecule has 0 radical (unpaired) electrons. The van der Waals surface area contributed by atoms with E-state index in [1.54, 1.807) is 18.3 Å². The second-order valence-corrected chi connectivity index (χ2v) is 4.45. The summed E-state index contributed by atoms with van der Waals surface area (Å²) < 4.78 is 0. The van der Waals surface area contributed by atoms with Crippen molar-refractivity contribution in [1.82, 2.24) is 4.98 Å². The maximum Gasteiger partial charge on any atom is 0.168 e. The zero-order chi connectivity index (χ0) is 13.1. The summed E-state index contributed by atoms with van der Waals surface area (Å²) >= 11 is 0. The quantitative estimate of drug-likeness (QED) is 0.829. The van der Waals surface area contributed by atoms with Crippen LogP contribution in [-0.2, 0) is 0 Å². The summed E-state index contributed by atoms with van der Waals surface area (Å²) in [6, 6.07) is 7.47. The van der Waals surface area contributed by atoms with Crippen LogP contribution < -0.4 is 0 Å². The predicted octanol–water partition coefficient (Wildman–Crippen LogP) is 3.66. The molecule has 0 aliphatic rings. The lowest BCUT2D eigenvalue weighted by Crippen LogP contribution is -2.12. The largest absolute Gasteiger partial charge is 0.360 e. The van der Waals surface area contributed by atoms with E-state index in [4.69, 9.17) is 5.26 Å². The lowest BCUT2D eigenvalue weighted by atomic mass is 9.93. The van der Waals surface area contributed by atoms with Crippen LogP contribution in [0.25, 0.3) is 10.9 Å². The van der Waals surface area contributed by atoms with E-state index < -0.39 is 0 Å². The summed E-state index contributed by atoms with van der Waals surface area (Å²) in [7, 11) is 0. The fourth-order valence-electron chi connectivity index (χ4n) is 2.28. The van der Waals surface area contributed by atoms with Gasteiger partial charge in [-0.2, -0.15) is 5.26 Å². The van der Waals surface area contributed by atoms with Crippen molar-refractivity contribution in [1.29, 1.82) is 5.26 Å². The molecule has 0 spiro atoms. The van der Waals surface area contributed by atoms with Crippen molar-refractivity contribution in [2.75, 3.05) is 0 Å². The number of rotatable bonds is 4. The fourth-order valence-corrected chi connectivity index (χ4v) is 2.28. The van der Waals surface area contributed by atoms with Crippen molar-refractivity contribution < 1.29 is 4.79 Å². The van der Waals surface area contributed by atoms with Crippen LogP contribution in [-0.4, -0.2) is 10.8 Å². The summed E-state index contributed by atoms with van der Waals surface area (Å²) in [5.74, 6) is 0.274. The summed E-state index contributed by atoms with van der Waals surface area (Å²) in [6.45, 7) is 4.07. The minimum atomic E-state index is 0.0830. The molecule has 1 aromatic heterocycles. The average molecular weight is 240 g/mol. The minimum absolute atomic E-state index is 0.0830. The third kappa shape index (κ3) is 2.02. The van der Waals surface area contributed by atoms with Gasteiger partial charge in [-0.3, -0.25) is 4.79 Å². The molecular weight excluding hydrogens is 224 g/mol. The highest BCUT2D eigenvalue weighted by Gasteiger charge is 2.19. The number of aromatic nitrogens is 1. The highest BCUT2D eigenvalue weighted by molar-refractivity contribution is 6.09. The van der Waals surface area contributed by atoms with E-state index in [1.807, 2.05) is 19.9 Å². The molecule has 0 aliphatic heterocycles. The van der Waals surface area contributed by atoms with E-state index in [0.29, 0.717) is 5.56 Å². The van der Waals surface area contributed by atoms with E-state index in [-0.39, 0.29) is 11.7 Å². The maximum atomic E-state index is 12.4. The van der Waals surface area contributed by atoms with E-state index in [1.165, 1.54) is 0 Å². The number of nitriles is 1. The number of fused-ring (bicyclic) bond motifs is 1. The molecule has 3 nitrogen and oxygen atoms in total. The van der Waals surface area contributed by atoms with E-state index >= 15 is 0 Å². The summed E-state index contributed by atoms with van der Waals surface area (Å²) in [5, 5.41) is 9.75. The van der Waals surface area contributed by atoms with Crippen LogP contribution in [0.2, 0.25) is 0 Å². The minimum Gasteiger partial charge on any atom is -0.360 e. The average Bonchev–Trinajstić information content (AvgIpc) is 2.82. The van der Waals surface area contributed by atoms with Gasteiger partial charge in [0.2, 0.25) is 0 Å². The molecule has 0 atom stereocenters. The second-order valence-electron chi connectivity index (χ2n) is 4.45.